The molecule has 0 amide bonds. The van der Waals surface area contributed by atoms with Gasteiger partial charge in [-0.15, -0.1) is 0 Å². The molecule has 118 valence electrons. The van der Waals surface area contributed by atoms with Crippen molar-refractivity contribution in [2.45, 2.75) is 4.90 Å². The molecule has 0 spiro atoms. The summed E-state index contributed by atoms with van der Waals surface area (Å²) in [5.41, 5.74) is 1.20. The van der Waals surface area contributed by atoms with Crippen LogP contribution in [0.5, 0.6) is 17.2 Å². The van der Waals surface area contributed by atoms with Gasteiger partial charge in [0.15, 0.2) is 11.5 Å². The number of benzene rings is 2. The highest BCUT2D eigenvalue weighted by Gasteiger charge is 2.23. The lowest BCUT2D eigenvalue weighted by Gasteiger charge is -2.14. The maximum Gasteiger partial charge on any atom is 0.265 e. The standard InChI is InChI=1S/C14H16N2O5S/c1-16(2)10-5-3-9(4-6-10)15-22(20,21)12-8-7-11(17)13(18)14(12)19/h3-8,15,17-19H,1-2H3. The summed E-state index contributed by atoms with van der Waals surface area (Å²) in [6, 6.07) is 8.59. The third kappa shape index (κ3) is 3.01. The number of sulfonamides is 1. The molecule has 0 saturated heterocycles. The second-order valence-electron chi connectivity index (χ2n) is 4.83. The molecular formula is C14H16N2O5S. The van der Waals surface area contributed by atoms with Crippen molar-refractivity contribution in [3.05, 3.63) is 36.4 Å². The van der Waals surface area contributed by atoms with Gasteiger partial charge in [0.05, 0.1) is 0 Å². The zero-order chi connectivity index (χ0) is 16.5. The molecular weight excluding hydrogens is 308 g/mol. The average Bonchev–Trinajstić information content (AvgIpc) is 2.44. The number of aromatic hydroxyl groups is 3. The quantitative estimate of drug-likeness (QED) is 0.637. The van der Waals surface area contributed by atoms with Crippen molar-refractivity contribution in [1.29, 1.82) is 0 Å². The van der Waals surface area contributed by atoms with Gasteiger partial charge in [0.1, 0.15) is 4.90 Å². The highest BCUT2D eigenvalue weighted by Crippen LogP contribution is 2.39. The van der Waals surface area contributed by atoms with E-state index in [1.807, 2.05) is 19.0 Å². The van der Waals surface area contributed by atoms with E-state index in [1.165, 1.54) is 0 Å². The number of rotatable bonds is 4. The molecule has 0 aromatic heterocycles. The van der Waals surface area contributed by atoms with E-state index in [0.717, 1.165) is 17.8 Å². The largest absolute Gasteiger partial charge is 0.504 e. The summed E-state index contributed by atoms with van der Waals surface area (Å²) in [6.45, 7) is 0. The lowest BCUT2D eigenvalue weighted by atomic mass is 10.3. The predicted molar refractivity (Wildman–Crippen MR) is 83.0 cm³/mol. The Balaban J connectivity index is 2.34. The lowest BCUT2D eigenvalue weighted by Crippen LogP contribution is -2.13. The van der Waals surface area contributed by atoms with Crippen LogP contribution in [0.3, 0.4) is 0 Å². The first kappa shape index (κ1) is 15.8. The Kier molecular flexibility index (Phi) is 4.05. The summed E-state index contributed by atoms with van der Waals surface area (Å²) in [5.74, 6) is -2.39. The average molecular weight is 324 g/mol. The van der Waals surface area contributed by atoms with E-state index in [1.54, 1.807) is 24.3 Å². The van der Waals surface area contributed by atoms with Crippen molar-refractivity contribution < 1.29 is 23.7 Å². The van der Waals surface area contributed by atoms with Crippen LogP contribution < -0.4 is 9.62 Å². The van der Waals surface area contributed by atoms with E-state index in [4.69, 9.17) is 0 Å². The molecule has 0 bridgehead atoms. The van der Waals surface area contributed by atoms with E-state index in [0.29, 0.717) is 5.69 Å². The van der Waals surface area contributed by atoms with Crippen molar-refractivity contribution >= 4 is 21.4 Å². The fraction of sp³-hybridized carbons (Fsp3) is 0.143. The smallest absolute Gasteiger partial charge is 0.265 e. The predicted octanol–water partition coefficient (Wildman–Crippen LogP) is 1.67. The maximum absolute atomic E-state index is 12.2. The van der Waals surface area contributed by atoms with Gasteiger partial charge in [0.2, 0.25) is 5.75 Å². The molecule has 0 aliphatic rings. The molecule has 0 unspecified atom stereocenters. The van der Waals surface area contributed by atoms with Crippen LogP contribution in [0, 0.1) is 0 Å². The fourth-order valence-electron chi connectivity index (χ4n) is 1.81. The molecule has 0 radical (unpaired) electrons. The molecule has 2 rings (SSSR count). The minimum absolute atomic E-state index is 0.303. The summed E-state index contributed by atoms with van der Waals surface area (Å²) in [4.78, 5) is 1.33. The molecule has 0 fully saturated rings. The van der Waals surface area contributed by atoms with E-state index >= 15 is 0 Å². The topological polar surface area (TPSA) is 110 Å². The molecule has 0 atom stereocenters. The van der Waals surface area contributed by atoms with Gasteiger partial charge in [0.25, 0.3) is 10.0 Å². The first-order chi connectivity index (χ1) is 10.2. The van der Waals surface area contributed by atoms with Crippen LogP contribution in [-0.4, -0.2) is 37.8 Å². The van der Waals surface area contributed by atoms with Gasteiger partial charge < -0.3 is 20.2 Å². The van der Waals surface area contributed by atoms with Gasteiger partial charge in [-0.2, -0.15) is 0 Å². The van der Waals surface area contributed by atoms with Crippen molar-refractivity contribution in [2.75, 3.05) is 23.7 Å². The number of nitrogens with one attached hydrogen (secondary N) is 1. The molecule has 2 aromatic carbocycles. The zero-order valence-electron chi connectivity index (χ0n) is 12.0. The van der Waals surface area contributed by atoms with Crippen LogP contribution in [0.15, 0.2) is 41.3 Å². The van der Waals surface area contributed by atoms with Gasteiger partial charge in [-0.25, -0.2) is 8.42 Å². The Morgan fingerprint density at radius 1 is 0.909 bits per heavy atom. The summed E-state index contributed by atoms with van der Waals surface area (Å²) in [7, 11) is -0.386. The van der Waals surface area contributed by atoms with Gasteiger partial charge in [-0.3, -0.25) is 4.72 Å². The van der Waals surface area contributed by atoms with E-state index in [-0.39, 0.29) is 0 Å². The number of hydrogen-bond acceptors (Lipinski definition) is 6. The summed E-state index contributed by atoms with van der Waals surface area (Å²) in [5, 5.41) is 28.3. The Labute approximate surface area is 128 Å². The van der Waals surface area contributed by atoms with Gasteiger partial charge in [0, 0.05) is 25.5 Å². The van der Waals surface area contributed by atoms with Crippen LogP contribution >= 0.6 is 0 Å². The normalized spacial score (nSPS) is 11.2. The van der Waals surface area contributed by atoms with Gasteiger partial charge in [-0.1, -0.05) is 0 Å². The van der Waals surface area contributed by atoms with Gasteiger partial charge in [-0.05, 0) is 36.4 Å². The van der Waals surface area contributed by atoms with E-state index < -0.39 is 32.2 Å². The Morgan fingerprint density at radius 2 is 1.50 bits per heavy atom. The highest BCUT2D eigenvalue weighted by atomic mass is 32.2. The monoisotopic (exact) mass is 324 g/mol. The highest BCUT2D eigenvalue weighted by molar-refractivity contribution is 7.92. The first-order valence-corrected chi connectivity index (χ1v) is 7.75. The summed E-state index contributed by atoms with van der Waals surface area (Å²) < 4.78 is 26.8. The number of phenols is 3. The minimum atomic E-state index is -4.10. The minimum Gasteiger partial charge on any atom is -0.504 e. The third-order valence-corrected chi connectivity index (χ3v) is 4.43. The fourth-order valence-corrected chi connectivity index (χ4v) is 2.96. The summed E-state index contributed by atoms with van der Waals surface area (Å²) in [6.07, 6.45) is 0. The second-order valence-corrected chi connectivity index (χ2v) is 6.48. The molecule has 2 aromatic rings. The molecule has 0 heterocycles. The maximum atomic E-state index is 12.2. The SMILES string of the molecule is CN(C)c1ccc(NS(=O)(=O)c2ccc(O)c(O)c2O)cc1. The Morgan fingerprint density at radius 3 is 2.05 bits per heavy atom. The van der Waals surface area contributed by atoms with Crippen LogP contribution in [0.4, 0.5) is 11.4 Å². The molecule has 0 aliphatic carbocycles. The summed E-state index contributed by atoms with van der Waals surface area (Å²) >= 11 is 0. The van der Waals surface area contributed by atoms with Crippen LogP contribution in [0.1, 0.15) is 0 Å². The van der Waals surface area contributed by atoms with Crippen LogP contribution in [0.25, 0.3) is 0 Å². The van der Waals surface area contributed by atoms with Crippen molar-refractivity contribution in [1.82, 2.24) is 0 Å². The van der Waals surface area contributed by atoms with Gasteiger partial charge >= 0.3 is 0 Å². The van der Waals surface area contributed by atoms with Crippen molar-refractivity contribution in [3.63, 3.8) is 0 Å². The number of nitrogens with zero attached hydrogens (tertiary/aromatic N) is 1. The lowest BCUT2D eigenvalue weighted by molar-refractivity contribution is 0.361. The van der Waals surface area contributed by atoms with Crippen LogP contribution in [0.2, 0.25) is 0 Å². The Hall–Kier alpha value is -2.61. The Bertz CT molecular complexity index is 786. The molecule has 0 aliphatic heterocycles. The third-order valence-electron chi connectivity index (χ3n) is 3.02. The molecule has 7 nitrogen and oxygen atoms in total. The number of anilines is 2. The molecule has 22 heavy (non-hydrogen) atoms. The molecule has 0 saturated carbocycles. The number of phenolic OH excluding ortho intramolecular Hbond substituents is 3. The second kappa shape index (κ2) is 5.64. The van der Waals surface area contributed by atoms with Crippen molar-refractivity contribution in [3.8, 4) is 17.2 Å². The molecule has 8 heteroatoms. The van der Waals surface area contributed by atoms with E-state index in [2.05, 4.69) is 4.72 Å². The van der Waals surface area contributed by atoms with Crippen LogP contribution in [-0.2, 0) is 10.0 Å². The first-order valence-electron chi connectivity index (χ1n) is 6.26. The van der Waals surface area contributed by atoms with Crippen molar-refractivity contribution in [2.24, 2.45) is 0 Å². The zero-order valence-corrected chi connectivity index (χ0v) is 12.8. The van der Waals surface area contributed by atoms with E-state index in [9.17, 15) is 23.7 Å². The number of hydrogen-bond donors (Lipinski definition) is 4. The molecule has 4 N–H and O–H groups in total.